The van der Waals surface area contributed by atoms with Crippen LogP contribution in [0.1, 0.15) is 12.5 Å². The second-order valence-electron chi connectivity index (χ2n) is 7.54. The van der Waals surface area contributed by atoms with Crippen molar-refractivity contribution in [3.8, 4) is 22.7 Å². The lowest BCUT2D eigenvalue weighted by Crippen LogP contribution is -2.25. The summed E-state index contributed by atoms with van der Waals surface area (Å²) in [4.78, 5) is 20.2. The maximum Gasteiger partial charge on any atom is 0.573 e. The lowest BCUT2D eigenvalue weighted by Gasteiger charge is -2.13. The van der Waals surface area contributed by atoms with Crippen molar-refractivity contribution in [2.45, 2.75) is 24.4 Å². The number of hydrogen-bond acceptors (Lipinski definition) is 7. The maximum atomic E-state index is 13.0. The number of halogens is 6. The van der Waals surface area contributed by atoms with E-state index < -0.39 is 61.2 Å². The van der Waals surface area contributed by atoms with E-state index >= 15 is 0 Å². The van der Waals surface area contributed by atoms with E-state index in [1.807, 2.05) is 0 Å². The molecular formula is C22H14F6N4O4S. The minimum Gasteiger partial charge on any atom is -0.406 e. The molecule has 0 aliphatic rings. The van der Waals surface area contributed by atoms with Crippen LogP contribution >= 0.6 is 0 Å². The second kappa shape index (κ2) is 9.14. The quantitative estimate of drug-likeness (QED) is 0.340. The van der Waals surface area contributed by atoms with Gasteiger partial charge >= 0.3 is 12.5 Å². The highest BCUT2D eigenvalue weighted by molar-refractivity contribution is 7.91. The predicted octanol–water partition coefficient (Wildman–Crippen LogP) is 4.55. The number of aromatic nitrogens is 4. The summed E-state index contributed by atoms with van der Waals surface area (Å²) in [5.41, 5.74) is -2.01. The van der Waals surface area contributed by atoms with Gasteiger partial charge in [-0.15, -0.1) is 13.2 Å². The van der Waals surface area contributed by atoms with E-state index in [1.54, 1.807) is 0 Å². The molecule has 0 atom stereocenters. The molecule has 3 aromatic heterocycles. The molecule has 15 heteroatoms. The number of alkyl halides is 6. The molecule has 4 aromatic rings. The number of nitrogens with zero attached hydrogens (tertiary/aromatic N) is 4. The summed E-state index contributed by atoms with van der Waals surface area (Å²) < 4.78 is 106. The van der Waals surface area contributed by atoms with Crippen LogP contribution in [0.3, 0.4) is 0 Å². The fourth-order valence-electron chi connectivity index (χ4n) is 3.33. The molecule has 0 radical (unpaired) electrons. The zero-order valence-electron chi connectivity index (χ0n) is 18.5. The SMILES string of the molecule is CCS(=O)(=O)c1cc(-c2ccc(OC(F)(F)F)cc2)cnc1-n1ncc2cc(C(F)(F)F)cnc2c1=O. The van der Waals surface area contributed by atoms with Crippen molar-refractivity contribution in [2.75, 3.05) is 5.75 Å². The van der Waals surface area contributed by atoms with Crippen molar-refractivity contribution >= 4 is 20.7 Å². The van der Waals surface area contributed by atoms with Gasteiger partial charge in [-0.2, -0.15) is 23.0 Å². The van der Waals surface area contributed by atoms with E-state index in [0.717, 1.165) is 18.3 Å². The Morgan fingerprint density at radius 3 is 2.19 bits per heavy atom. The first-order valence-corrected chi connectivity index (χ1v) is 11.9. The molecule has 0 aliphatic heterocycles. The number of ether oxygens (including phenoxy) is 1. The molecule has 0 unspecified atom stereocenters. The second-order valence-corrected chi connectivity index (χ2v) is 9.79. The Labute approximate surface area is 204 Å². The zero-order chi connectivity index (χ0) is 27.2. The molecule has 194 valence electrons. The minimum atomic E-state index is -4.89. The highest BCUT2D eigenvalue weighted by Gasteiger charge is 2.32. The number of hydrogen-bond donors (Lipinski definition) is 0. The zero-order valence-corrected chi connectivity index (χ0v) is 19.3. The van der Waals surface area contributed by atoms with Gasteiger partial charge in [-0.1, -0.05) is 19.1 Å². The van der Waals surface area contributed by atoms with Crippen LogP contribution in [-0.4, -0.2) is 40.3 Å². The van der Waals surface area contributed by atoms with Gasteiger partial charge in [-0.25, -0.2) is 18.4 Å². The Morgan fingerprint density at radius 1 is 0.919 bits per heavy atom. The minimum absolute atomic E-state index is 0.191. The summed E-state index contributed by atoms with van der Waals surface area (Å²) in [7, 11) is -4.04. The van der Waals surface area contributed by atoms with E-state index in [2.05, 4.69) is 19.8 Å². The third-order valence-electron chi connectivity index (χ3n) is 5.12. The average Bonchev–Trinajstić information content (AvgIpc) is 2.83. The molecule has 0 saturated heterocycles. The van der Waals surface area contributed by atoms with Crippen molar-refractivity contribution in [1.29, 1.82) is 0 Å². The molecule has 0 fully saturated rings. The highest BCUT2D eigenvalue weighted by atomic mass is 32.2. The summed E-state index contributed by atoms with van der Waals surface area (Å²) in [5, 5.41) is 3.59. The van der Waals surface area contributed by atoms with Gasteiger partial charge in [0.2, 0.25) is 0 Å². The fourth-order valence-corrected chi connectivity index (χ4v) is 4.36. The lowest BCUT2D eigenvalue weighted by molar-refractivity contribution is -0.274. The Balaban J connectivity index is 1.84. The van der Waals surface area contributed by atoms with Crippen LogP contribution in [0.2, 0.25) is 0 Å². The summed E-state index contributed by atoms with van der Waals surface area (Å²) >= 11 is 0. The van der Waals surface area contributed by atoms with Gasteiger partial charge < -0.3 is 4.74 Å². The van der Waals surface area contributed by atoms with Gasteiger partial charge in [0, 0.05) is 23.3 Å². The number of pyridine rings is 2. The van der Waals surface area contributed by atoms with Crippen LogP contribution in [-0.2, 0) is 16.0 Å². The molecule has 8 nitrogen and oxygen atoms in total. The largest absolute Gasteiger partial charge is 0.573 e. The van der Waals surface area contributed by atoms with Gasteiger partial charge in [-0.3, -0.25) is 4.79 Å². The Kier molecular flexibility index (Phi) is 6.44. The van der Waals surface area contributed by atoms with Crippen molar-refractivity contribution in [1.82, 2.24) is 19.7 Å². The third-order valence-corrected chi connectivity index (χ3v) is 6.85. The normalized spacial score (nSPS) is 12.6. The highest BCUT2D eigenvalue weighted by Crippen LogP contribution is 2.31. The van der Waals surface area contributed by atoms with Crippen LogP contribution in [0.5, 0.6) is 5.75 Å². The van der Waals surface area contributed by atoms with Crippen LogP contribution < -0.4 is 10.3 Å². The number of rotatable bonds is 5. The fraction of sp³-hybridized carbons (Fsp3) is 0.182. The molecule has 4 rings (SSSR count). The van der Waals surface area contributed by atoms with Gasteiger partial charge in [-0.05, 0) is 29.8 Å². The number of fused-ring (bicyclic) bond motifs is 1. The summed E-state index contributed by atoms with van der Waals surface area (Å²) in [6.07, 6.45) is -7.03. The van der Waals surface area contributed by atoms with E-state index in [9.17, 15) is 39.6 Å². The smallest absolute Gasteiger partial charge is 0.406 e. The Bertz CT molecular complexity index is 1650. The number of sulfone groups is 1. The molecule has 0 saturated carbocycles. The maximum absolute atomic E-state index is 13.0. The van der Waals surface area contributed by atoms with Crippen LogP contribution in [0.15, 0.2) is 64.7 Å². The molecule has 0 N–H and O–H groups in total. The molecule has 0 amide bonds. The molecule has 3 heterocycles. The van der Waals surface area contributed by atoms with E-state index in [-0.39, 0.29) is 10.9 Å². The molecule has 1 aromatic carbocycles. The van der Waals surface area contributed by atoms with Crippen molar-refractivity contribution < 1.29 is 39.5 Å². The molecule has 0 spiro atoms. The first-order valence-electron chi connectivity index (χ1n) is 10.2. The number of benzene rings is 1. The van der Waals surface area contributed by atoms with Gasteiger partial charge in [0.1, 0.15) is 16.2 Å². The summed E-state index contributed by atoms with van der Waals surface area (Å²) in [5.74, 6) is -1.31. The Hall–Kier alpha value is -4.01. The van der Waals surface area contributed by atoms with Gasteiger partial charge in [0.15, 0.2) is 15.7 Å². The molecule has 0 aliphatic carbocycles. The lowest BCUT2D eigenvalue weighted by atomic mass is 10.1. The average molecular weight is 544 g/mol. The van der Waals surface area contributed by atoms with Crippen LogP contribution in [0.25, 0.3) is 27.8 Å². The van der Waals surface area contributed by atoms with Gasteiger partial charge in [0.05, 0.1) is 17.5 Å². The summed E-state index contributed by atoms with van der Waals surface area (Å²) in [6.45, 7) is 1.34. The monoisotopic (exact) mass is 544 g/mol. The first kappa shape index (κ1) is 26.1. The molecule has 37 heavy (non-hydrogen) atoms. The standard InChI is InChI=1S/C22H14F6N4O4S/c1-2-37(34,35)17-8-13(12-3-5-16(6-4-12)36-22(26,27)28)9-30-19(17)32-20(33)18-14(10-31-32)7-15(11-29-18)21(23,24)25/h3-11H,2H2,1H3. The van der Waals surface area contributed by atoms with Crippen LogP contribution in [0.4, 0.5) is 26.3 Å². The van der Waals surface area contributed by atoms with Crippen molar-refractivity contribution in [3.63, 3.8) is 0 Å². The topological polar surface area (TPSA) is 104 Å². The van der Waals surface area contributed by atoms with E-state index in [0.29, 0.717) is 22.5 Å². The predicted molar refractivity (Wildman–Crippen MR) is 118 cm³/mol. The molecular weight excluding hydrogens is 530 g/mol. The van der Waals surface area contributed by atoms with E-state index in [1.165, 1.54) is 31.3 Å². The first-order chi connectivity index (χ1) is 17.2. The van der Waals surface area contributed by atoms with Crippen LogP contribution in [0, 0.1) is 0 Å². The summed E-state index contributed by atoms with van der Waals surface area (Å²) in [6, 6.07) is 6.42. The van der Waals surface area contributed by atoms with Gasteiger partial charge in [0.25, 0.3) is 5.56 Å². The third kappa shape index (κ3) is 5.40. The van der Waals surface area contributed by atoms with E-state index in [4.69, 9.17) is 0 Å². The molecule has 0 bridgehead atoms. The van der Waals surface area contributed by atoms with Crippen molar-refractivity contribution in [3.05, 3.63) is 70.9 Å². The van der Waals surface area contributed by atoms with Crippen molar-refractivity contribution in [2.24, 2.45) is 0 Å². The Morgan fingerprint density at radius 2 is 1.59 bits per heavy atom.